The van der Waals surface area contributed by atoms with E-state index in [1.54, 1.807) is 39.8 Å². The zero-order valence-corrected chi connectivity index (χ0v) is 31.1. The second-order valence-electron chi connectivity index (χ2n) is 17.8. The van der Waals surface area contributed by atoms with Crippen molar-refractivity contribution in [2.75, 3.05) is 13.2 Å². The number of fused-ring (bicyclic) bond motifs is 7. The van der Waals surface area contributed by atoms with Crippen molar-refractivity contribution >= 4 is 11.9 Å². The summed E-state index contributed by atoms with van der Waals surface area (Å²) in [6, 6.07) is 0. The largest absolute Gasteiger partial charge is 0.454 e. The van der Waals surface area contributed by atoms with E-state index in [0.29, 0.717) is 30.4 Å². The van der Waals surface area contributed by atoms with Gasteiger partial charge >= 0.3 is 11.9 Å². The van der Waals surface area contributed by atoms with Gasteiger partial charge in [-0.2, -0.15) is 0 Å². The van der Waals surface area contributed by atoms with E-state index in [-0.39, 0.29) is 35.2 Å². The minimum Gasteiger partial charge on any atom is -0.454 e. The molecule has 0 bridgehead atoms. The molecule has 8 heteroatoms. The molecule has 8 nitrogen and oxygen atoms in total. The van der Waals surface area contributed by atoms with Crippen LogP contribution in [0.15, 0.2) is 34.9 Å². The van der Waals surface area contributed by atoms with Gasteiger partial charge in [0.25, 0.3) is 0 Å². The Morgan fingerprint density at radius 1 is 0.812 bits per heavy atom. The predicted octanol–water partition coefficient (Wildman–Crippen LogP) is 6.06. The molecule has 0 radical (unpaired) electrons. The lowest BCUT2D eigenvalue weighted by Crippen LogP contribution is -2.72. The molecule has 5 aliphatic rings. The first kappa shape index (κ1) is 37.3. The molecular formula is C40H62O8. The van der Waals surface area contributed by atoms with Crippen LogP contribution < -0.4 is 0 Å². The first-order valence-electron chi connectivity index (χ1n) is 18.2. The minimum atomic E-state index is -1.28. The highest BCUT2D eigenvalue weighted by molar-refractivity contribution is 5.88. The summed E-state index contributed by atoms with van der Waals surface area (Å²) >= 11 is 0. The van der Waals surface area contributed by atoms with Gasteiger partial charge in [-0.3, -0.25) is 0 Å². The summed E-state index contributed by atoms with van der Waals surface area (Å²) in [7, 11) is 0. The second-order valence-corrected chi connectivity index (χ2v) is 17.8. The lowest BCUT2D eigenvalue weighted by Gasteiger charge is -2.72. The third kappa shape index (κ3) is 4.97. The molecule has 4 fully saturated rings. The van der Waals surface area contributed by atoms with Crippen LogP contribution in [0.2, 0.25) is 0 Å². The number of aliphatic hydroxyl groups excluding tert-OH is 4. The van der Waals surface area contributed by atoms with Crippen molar-refractivity contribution in [3.8, 4) is 0 Å². The Hall–Kier alpha value is -2.00. The Bertz CT molecular complexity index is 1390. The van der Waals surface area contributed by atoms with E-state index in [2.05, 4.69) is 33.8 Å². The summed E-state index contributed by atoms with van der Waals surface area (Å²) in [4.78, 5) is 26.8. The number of esters is 2. The average Bonchev–Trinajstić information content (AvgIpc) is 3.03. The molecule has 48 heavy (non-hydrogen) atoms. The number of allylic oxidation sites excluding steroid dienone is 4. The van der Waals surface area contributed by atoms with Crippen molar-refractivity contribution < 1.29 is 39.5 Å². The molecule has 0 spiro atoms. The van der Waals surface area contributed by atoms with E-state index >= 15 is 0 Å². The van der Waals surface area contributed by atoms with E-state index in [1.165, 1.54) is 5.57 Å². The van der Waals surface area contributed by atoms with Gasteiger partial charge in [-0.1, -0.05) is 65.3 Å². The average molecular weight is 671 g/mol. The zero-order valence-electron chi connectivity index (χ0n) is 31.1. The van der Waals surface area contributed by atoms with E-state index in [0.717, 1.165) is 25.7 Å². The Kier molecular flexibility index (Phi) is 9.58. The van der Waals surface area contributed by atoms with Crippen molar-refractivity contribution in [3.05, 3.63) is 34.9 Å². The molecule has 5 aliphatic carbocycles. The van der Waals surface area contributed by atoms with Crippen LogP contribution in [0.3, 0.4) is 0 Å². The fourth-order valence-electron chi connectivity index (χ4n) is 11.9. The van der Waals surface area contributed by atoms with Crippen molar-refractivity contribution in [3.63, 3.8) is 0 Å². The highest BCUT2D eigenvalue weighted by atomic mass is 16.6. The smallest absolute Gasteiger partial charge is 0.333 e. The third-order valence-corrected chi connectivity index (χ3v) is 15.4. The van der Waals surface area contributed by atoms with Crippen LogP contribution >= 0.6 is 0 Å². The number of hydrogen-bond acceptors (Lipinski definition) is 8. The first-order valence-corrected chi connectivity index (χ1v) is 18.2. The van der Waals surface area contributed by atoms with E-state index in [1.807, 2.05) is 13.8 Å². The van der Waals surface area contributed by atoms with Crippen molar-refractivity contribution in [1.29, 1.82) is 0 Å². The summed E-state index contributed by atoms with van der Waals surface area (Å²) in [5, 5.41) is 45.7. The minimum absolute atomic E-state index is 0.0444. The zero-order chi connectivity index (χ0) is 35.8. The van der Waals surface area contributed by atoms with Gasteiger partial charge < -0.3 is 29.9 Å². The van der Waals surface area contributed by atoms with Gasteiger partial charge in [0.2, 0.25) is 0 Å². The molecular weight excluding hydrogens is 608 g/mol. The number of carbonyl (C=O) groups is 2. The monoisotopic (exact) mass is 670 g/mol. The molecule has 270 valence electrons. The molecule has 12 atom stereocenters. The summed E-state index contributed by atoms with van der Waals surface area (Å²) < 4.78 is 12.5. The van der Waals surface area contributed by atoms with Gasteiger partial charge in [-0.05, 0) is 107 Å². The maximum absolute atomic E-state index is 13.5. The molecule has 0 heterocycles. The third-order valence-electron chi connectivity index (χ3n) is 15.4. The molecule has 0 aromatic heterocycles. The number of hydrogen-bond donors (Lipinski definition) is 4. The van der Waals surface area contributed by atoms with Crippen molar-refractivity contribution in [1.82, 2.24) is 0 Å². The topological polar surface area (TPSA) is 134 Å². The predicted molar refractivity (Wildman–Crippen MR) is 184 cm³/mol. The maximum atomic E-state index is 13.5. The Labute approximate surface area is 288 Å². The molecule has 0 aromatic rings. The van der Waals surface area contributed by atoms with E-state index < -0.39 is 64.6 Å². The molecule has 0 saturated heterocycles. The van der Waals surface area contributed by atoms with Crippen LogP contribution in [0, 0.1) is 50.2 Å². The number of rotatable bonds is 6. The number of carbonyl (C=O) groups excluding carboxylic acids is 2. The van der Waals surface area contributed by atoms with Gasteiger partial charge in [-0.15, -0.1) is 0 Å². The van der Waals surface area contributed by atoms with Crippen LogP contribution in [0.5, 0.6) is 0 Å². The van der Waals surface area contributed by atoms with Crippen LogP contribution in [0.25, 0.3) is 0 Å². The lowest BCUT2D eigenvalue weighted by molar-refractivity contribution is -0.266. The fourth-order valence-corrected chi connectivity index (χ4v) is 11.9. The summed E-state index contributed by atoms with van der Waals surface area (Å²) in [5.41, 5.74) is -1.21. The highest BCUT2D eigenvalue weighted by Crippen LogP contribution is 2.76. The number of ether oxygens (including phenoxy) is 2. The Morgan fingerprint density at radius 2 is 1.40 bits per heavy atom. The molecule has 0 amide bonds. The first-order chi connectivity index (χ1) is 22.3. The second kappa shape index (κ2) is 12.3. The van der Waals surface area contributed by atoms with Crippen LogP contribution in [-0.4, -0.2) is 70.0 Å². The SMILES string of the molecule is C/C=C(\C)C(=O)O[C@H]1[C@H](OC(=O)/C(C)=C/C)[C@]2(CO)[C@H](O)C[C@]3(C)C(=CC[C@@H]4[C@@]5(C)CC[C@H](O)[C@@](C)(CO)[C@@H]5CC[C@]43C)[C@@H]2CC1(C)C. The van der Waals surface area contributed by atoms with Crippen molar-refractivity contribution in [2.45, 2.75) is 139 Å². The van der Waals surface area contributed by atoms with Crippen molar-refractivity contribution in [2.24, 2.45) is 50.2 Å². The van der Waals surface area contributed by atoms with E-state index in [4.69, 9.17) is 9.47 Å². The summed E-state index contributed by atoms with van der Waals surface area (Å²) in [5.74, 6) is -0.954. The normalized spacial score (nSPS) is 47.0. The number of aliphatic hydroxyl groups is 4. The Morgan fingerprint density at radius 3 is 1.94 bits per heavy atom. The molecule has 4 N–H and O–H groups in total. The Balaban J connectivity index is 1.65. The van der Waals surface area contributed by atoms with Gasteiger partial charge in [0.1, 0.15) is 6.10 Å². The fraction of sp³-hybridized carbons (Fsp3) is 0.800. The van der Waals surface area contributed by atoms with Crippen LogP contribution in [-0.2, 0) is 19.1 Å². The summed E-state index contributed by atoms with van der Waals surface area (Å²) in [6.07, 6.45) is 7.19. The van der Waals surface area contributed by atoms with Gasteiger partial charge in [0.05, 0.1) is 30.8 Å². The molecule has 0 aromatic carbocycles. The maximum Gasteiger partial charge on any atom is 0.333 e. The van der Waals surface area contributed by atoms with Gasteiger partial charge in [0, 0.05) is 22.0 Å². The standard InChI is InChI=1S/C40H62O8/c1-11-23(3)33(45)47-31-32(48-34(46)24(4)12-2)40(22-42)26(19-35(31,5)6)25-13-14-28-36(7)17-16-29(43)37(8,21-41)27(36)15-18-38(28,9)39(25,10)20-30(40)44/h11-13,26-32,41-44H,14-22H2,1-10H3/b23-11+,24-12+/t26-,27+,28+,29-,30+,31-,32-,36-,37-,38+,39+,40-/m0/s1. The van der Waals surface area contributed by atoms with E-state index in [9.17, 15) is 30.0 Å². The summed E-state index contributed by atoms with van der Waals surface area (Å²) in [6.45, 7) is 19.6. The molecule has 0 aliphatic heterocycles. The van der Waals surface area contributed by atoms with Gasteiger partial charge in [-0.25, -0.2) is 9.59 Å². The van der Waals surface area contributed by atoms with Gasteiger partial charge in [0.15, 0.2) is 6.10 Å². The molecule has 5 rings (SSSR count). The lowest BCUT2D eigenvalue weighted by atomic mass is 9.33. The highest BCUT2D eigenvalue weighted by Gasteiger charge is 2.73. The van der Waals surface area contributed by atoms with Crippen LogP contribution in [0.4, 0.5) is 0 Å². The molecule has 4 saturated carbocycles. The van der Waals surface area contributed by atoms with Crippen LogP contribution in [0.1, 0.15) is 114 Å². The quantitative estimate of drug-likeness (QED) is 0.152. The molecule has 0 unspecified atom stereocenters.